The summed E-state index contributed by atoms with van der Waals surface area (Å²) >= 11 is 0. The van der Waals surface area contributed by atoms with Gasteiger partial charge in [-0.15, -0.1) is 0 Å². The van der Waals surface area contributed by atoms with Gasteiger partial charge in [0.2, 0.25) is 5.91 Å². The van der Waals surface area contributed by atoms with Gasteiger partial charge in [0.25, 0.3) is 0 Å². The summed E-state index contributed by atoms with van der Waals surface area (Å²) in [6, 6.07) is -0.186. The molecule has 2 unspecified atom stereocenters. The molecule has 1 amide bonds. The van der Waals surface area contributed by atoms with Crippen LogP contribution in [0.25, 0.3) is 0 Å². The predicted molar refractivity (Wildman–Crippen MR) is 78.5 cm³/mol. The quantitative estimate of drug-likeness (QED) is 0.779. The number of piperidine rings is 1. The third kappa shape index (κ3) is 3.95. The van der Waals surface area contributed by atoms with E-state index < -0.39 is 11.4 Å². The van der Waals surface area contributed by atoms with Crippen LogP contribution in [0.15, 0.2) is 0 Å². The van der Waals surface area contributed by atoms with Crippen molar-refractivity contribution in [3.63, 3.8) is 0 Å². The van der Waals surface area contributed by atoms with E-state index in [-0.39, 0.29) is 17.9 Å². The lowest BCUT2D eigenvalue weighted by Crippen LogP contribution is -2.52. The Morgan fingerprint density at radius 1 is 1.45 bits per heavy atom. The van der Waals surface area contributed by atoms with Crippen molar-refractivity contribution in [2.24, 2.45) is 11.3 Å². The molecule has 5 heteroatoms. The number of carbonyl (C=O) groups is 2. The molecule has 0 spiro atoms. The third-order valence-electron chi connectivity index (χ3n) is 4.50. The molecule has 0 aromatic heterocycles. The molecule has 0 aliphatic carbocycles. The van der Waals surface area contributed by atoms with Crippen LogP contribution in [0.2, 0.25) is 0 Å². The normalized spacial score (nSPS) is 22.3. The molecule has 0 aromatic rings. The van der Waals surface area contributed by atoms with Crippen molar-refractivity contribution in [2.75, 3.05) is 19.6 Å². The van der Waals surface area contributed by atoms with E-state index in [9.17, 15) is 14.7 Å². The van der Waals surface area contributed by atoms with Gasteiger partial charge >= 0.3 is 5.97 Å². The Morgan fingerprint density at radius 2 is 2.10 bits per heavy atom. The van der Waals surface area contributed by atoms with Crippen LogP contribution in [0.3, 0.4) is 0 Å². The van der Waals surface area contributed by atoms with Crippen molar-refractivity contribution in [1.82, 2.24) is 10.2 Å². The summed E-state index contributed by atoms with van der Waals surface area (Å²) in [4.78, 5) is 25.5. The molecule has 1 heterocycles. The lowest BCUT2D eigenvalue weighted by atomic mass is 9.74. The monoisotopic (exact) mass is 284 g/mol. The summed E-state index contributed by atoms with van der Waals surface area (Å²) in [6.07, 6.45) is 2.79. The van der Waals surface area contributed by atoms with Gasteiger partial charge in [0, 0.05) is 13.1 Å². The van der Waals surface area contributed by atoms with Crippen molar-refractivity contribution >= 4 is 11.9 Å². The standard InChI is InChI=1S/C15H28N2O3/c1-5-8-16-13(18)11(2)17-9-6-7-12(10-17)15(3,4)14(19)20/h11-12H,5-10H2,1-4H3,(H,16,18)(H,19,20). The zero-order valence-electron chi connectivity index (χ0n) is 13.1. The van der Waals surface area contributed by atoms with Crippen LogP contribution < -0.4 is 5.32 Å². The molecule has 1 saturated heterocycles. The van der Waals surface area contributed by atoms with Gasteiger partial charge in [0.05, 0.1) is 11.5 Å². The minimum Gasteiger partial charge on any atom is -0.481 e. The lowest BCUT2D eigenvalue weighted by molar-refractivity contribution is -0.151. The highest BCUT2D eigenvalue weighted by Crippen LogP contribution is 2.34. The van der Waals surface area contributed by atoms with Gasteiger partial charge < -0.3 is 10.4 Å². The maximum absolute atomic E-state index is 12.0. The van der Waals surface area contributed by atoms with E-state index in [1.54, 1.807) is 13.8 Å². The fourth-order valence-electron chi connectivity index (χ4n) is 2.68. The van der Waals surface area contributed by atoms with Crippen LogP contribution in [0.1, 0.15) is 47.0 Å². The van der Waals surface area contributed by atoms with Crippen molar-refractivity contribution in [1.29, 1.82) is 0 Å². The lowest BCUT2D eigenvalue weighted by Gasteiger charge is -2.41. The highest BCUT2D eigenvalue weighted by atomic mass is 16.4. The number of hydrogen-bond donors (Lipinski definition) is 2. The Kier molecular flexibility index (Phi) is 5.99. The van der Waals surface area contributed by atoms with Crippen LogP contribution in [0, 0.1) is 11.3 Å². The molecule has 0 bridgehead atoms. The van der Waals surface area contributed by atoms with Gasteiger partial charge in [-0.25, -0.2) is 0 Å². The molecule has 5 nitrogen and oxygen atoms in total. The van der Waals surface area contributed by atoms with Crippen LogP contribution in [0.5, 0.6) is 0 Å². The fourth-order valence-corrected chi connectivity index (χ4v) is 2.68. The first kappa shape index (κ1) is 17.0. The predicted octanol–water partition coefficient (Wildman–Crippen LogP) is 1.72. The van der Waals surface area contributed by atoms with Gasteiger partial charge in [0.1, 0.15) is 0 Å². The molecule has 0 radical (unpaired) electrons. The Labute approximate surface area is 121 Å². The molecule has 116 valence electrons. The molecule has 1 aliphatic rings. The first-order valence-electron chi connectivity index (χ1n) is 7.55. The number of amides is 1. The second-order valence-corrected chi connectivity index (χ2v) is 6.33. The highest BCUT2D eigenvalue weighted by Gasteiger charge is 2.40. The number of carboxylic acid groups (broad SMARTS) is 1. The number of nitrogens with one attached hydrogen (secondary N) is 1. The molecule has 1 fully saturated rings. The maximum atomic E-state index is 12.0. The van der Waals surface area contributed by atoms with Crippen LogP contribution >= 0.6 is 0 Å². The van der Waals surface area contributed by atoms with Gasteiger partial charge in [0.15, 0.2) is 0 Å². The molecular formula is C15H28N2O3. The highest BCUT2D eigenvalue weighted by molar-refractivity contribution is 5.81. The zero-order chi connectivity index (χ0) is 15.3. The first-order valence-corrected chi connectivity index (χ1v) is 7.55. The second-order valence-electron chi connectivity index (χ2n) is 6.33. The van der Waals surface area contributed by atoms with Crippen LogP contribution in [-0.2, 0) is 9.59 Å². The number of carbonyl (C=O) groups excluding carboxylic acids is 1. The topological polar surface area (TPSA) is 69.6 Å². The van der Waals surface area contributed by atoms with E-state index in [2.05, 4.69) is 10.2 Å². The van der Waals surface area contributed by atoms with E-state index >= 15 is 0 Å². The maximum Gasteiger partial charge on any atom is 0.309 e. The van der Waals surface area contributed by atoms with Crippen LogP contribution in [0.4, 0.5) is 0 Å². The number of rotatable bonds is 6. The Hall–Kier alpha value is -1.10. The molecule has 1 aliphatic heterocycles. The number of aliphatic carboxylic acids is 1. The molecule has 1 rings (SSSR count). The molecule has 2 N–H and O–H groups in total. The SMILES string of the molecule is CCCNC(=O)C(C)N1CCCC(C(C)(C)C(=O)O)C1. The fraction of sp³-hybridized carbons (Fsp3) is 0.867. The van der Waals surface area contributed by atoms with Gasteiger partial charge in [-0.1, -0.05) is 6.92 Å². The van der Waals surface area contributed by atoms with Gasteiger partial charge in [-0.3, -0.25) is 14.5 Å². The minimum atomic E-state index is -0.757. The molecule has 2 atom stereocenters. The summed E-state index contributed by atoms with van der Waals surface area (Å²) in [7, 11) is 0. The Bertz CT molecular complexity index is 355. The van der Waals surface area contributed by atoms with E-state index in [0.717, 1.165) is 25.8 Å². The summed E-state index contributed by atoms with van der Waals surface area (Å²) in [6.45, 7) is 9.74. The third-order valence-corrected chi connectivity index (χ3v) is 4.50. The minimum absolute atomic E-state index is 0.0423. The number of nitrogens with zero attached hydrogens (tertiary/aromatic N) is 1. The van der Waals surface area contributed by atoms with E-state index in [1.807, 2.05) is 13.8 Å². The molecule has 0 saturated carbocycles. The Balaban J connectivity index is 2.64. The molecule has 0 aromatic carbocycles. The molecule has 20 heavy (non-hydrogen) atoms. The average Bonchev–Trinajstić information content (AvgIpc) is 2.43. The zero-order valence-corrected chi connectivity index (χ0v) is 13.1. The summed E-state index contributed by atoms with van der Waals surface area (Å²) in [5.74, 6) is -0.622. The first-order chi connectivity index (χ1) is 9.30. The average molecular weight is 284 g/mol. The number of likely N-dealkylation sites (tertiary alicyclic amines) is 1. The number of carboxylic acids is 1. The second kappa shape index (κ2) is 7.07. The van der Waals surface area contributed by atoms with Gasteiger partial charge in [-0.05, 0) is 52.5 Å². The Morgan fingerprint density at radius 3 is 2.65 bits per heavy atom. The summed E-state index contributed by atoms with van der Waals surface area (Å²) in [5.41, 5.74) is -0.738. The van der Waals surface area contributed by atoms with E-state index in [4.69, 9.17) is 0 Å². The molecular weight excluding hydrogens is 256 g/mol. The summed E-state index contributed by atoms with van der Waals surface area (Å²) < 4.78 is 0. The van der Waals surface area contributed by atoms with Crippen molar-refractivity contribution < 1.29 is 14.7 Å². The number of hydrogen-bond acceptors (Lipinski definition) is 3. The van der Waals surface area contributed by atoms with E-state index in [1.165, 1.54) is 0 Å². The van der Waals surface area contributed by atoms with Crippen molar-refractivity contribution in [3.05, 3.63) is 0 Å². The van der Waals surface area contributed by atoms with Crippen molar-refractivity contribution in [3.8, 4) is 0 Å². The largest absolute Gasteiger partial charge is 0.481 e. The summed E-state index contributed by atoms with van der Waals surface area (Å²) in [5, 5.41) is 12.3. The van der Waals surface area contributed by atoms with Crippen LogP contribution in [-0.4, -0.2) is 47.6 Å². The van der Waals surface area contributed by atoms with Gasteiger partial charge in [-0.2, -0.15) is 0 Å². The smallest absolute Gasteiger partial charge is 0.309 e. The van der Waals surface area contributed by atoms with E-state index in [0.29, 0.717) is 13.1 Å². The van der Waals surface area contributed by atoms with Crippen molar-refractivity contribution in [2.45, 2.75) is 53.0 Å².